The minimum absolute atomic E-state index is 0.0751. The third kappa shape index (κ3) is 6.42. The quantitative estimate of drug-likeness (QED) is 0.520. The van der Waals surface area contributed by atoms with Gasteiger partial charge >= 0.3 is 0 Å². The van der Waals surface area contributed by atoms with Gasteiger partial charge in [-0.15, -0.1) is 0 Å². The highest BCUT2D eigenvalue weighted by Crippen LogP contribution is 2.20. The fourth-order valence-corrected chi connectivity index (χ4v) is 3.62. The van der Waals surface area contributed by atoms with Gasteiger partial charge in [-0.1, -0.05) is 54.1 Å². The number of nitrogens with one attached hydrogen (secondary N) is 2. The van der Waals surface area contributed by atoms with E-state index >= 15 is 0 Å². The van der Waals surface area contributed by atoms with Crippen molar-refractivity contribution in [1.29, 1.82) is 0 Å². The lowest BCUT2D eigenvalue weighted by atomic mass is 10.2. The van der Waals surface area contributed by atoms with E-state index in [0.29, 0.717) is 23.8 Å². The average Bonchev–Trinajstić information content (AvgIpc) is 3.01. The van der Waals surface area contributed by atoms with Crippen LogP contribution in [0.4, 0.5) is 5.69 Å². The zero-order valence-electron chi connectivity index (χ0n) is 18.6. The molecule has 2 amide bonds. The van der Waals surface area contributed by atoms with Crippen LogP contribution in [0, 0.1) is 13.8 Å². The van der Waals surface area contributed by atoms with Gasteiger partial charge in [0, 0.05) is 17.8 Å². The molecule has 2 aromatic carbocycles. The van der Waals surface area contributed by atoms with Crippen LogP contribution in [0.15, 0.2) is 54.6 Å². The van der Waals surface area contributed by atoms with Crippen molar-refractivity contribution < 1.29 is 9.59 Å². The molecule has 32 heavy (non-hydrogen) atoms. The highest BCUT2D eigenvalue weighted by Gasteiger charge is 2.15. The fraction of sp³-hybridized carbons (Fsp3) is 0.292. The molecule has 0 atom stereocenters. The molecular weight excluding hydrogens is 426 g/mol. The van der Waals surface area contributed by atoms with E-state index in [1.165, 1.54) is 5.56 Å². The number of para-hydroxylation sites is 1. The molecule has 1 aromatic heterocycles. The second-order valence-corrected chi connectivity index (χ2v) is 8.18. The molecule has 0 fully saturated rings. The maximum absolute atomic E-state index is 12.4. The molecule has 0 aliphatic rings. The largest absolute Gasteiger partial charge is 0.351 e. The lowest BCUT2D eigenvalue weighted by Crippen LogP contribution is -2.38. The van der Waals surface area contributed by atoms with Crippen molar-refractivity contribution in [2.24, 2.45) is 0 Å². The predicted molar refractivity (Wildman–Crippen MR) is 127 cm³/mol. The van der Waals surface area contributed by atoms with Crippen LogP contribution < -0.4 is 10.6 Å². The number of carbonyl (C=O) groups is 2. The third-order valence-electron chi connectivity index (χ3n) is 5.14. The van der Waals surface area contributed by atoms with Crippen molar-refractivity contribution in [1.82, 2.24) is 20.0 Å². The highest BCUT2D eigenvalue weighted by molar-refractivity contribution is 6.33. The smallest absolute Gasteiger partial charge is 0.238 e. The number of halogens is 1. The standard InChI is InChI=1S/C24H28ClN5O2/c1-17-20(18(2)30(28-17)14-19-9-5-4-6-10-19)13-26-23(31)15-29(3)16-24(32)27-22-12-8-7-11-21(22)25/h4-12H,13-16H2,1-3H3,(H,26,31)(H,27,32). The summed E-state index contributed by atoms with van der Waals surface area (Å²) in [6, 6.07) is 17.2. The number of rotatable bonds is 9. The Morgan fingerprint density at radius 1 is 1.00 bits per heavy atom. The molecule has 0 aliphatic carbocycles. The van der Waals surface area contributed by atoms with Gasteiger partial charge in [-0.2, -0.15) is 5.10 Å². The van der Waals surface area contributed by atoms with Crippen LogP contribution in [-0.4, -0.2) is 46.6 Å². The average molecular weight is 454 g/mol. The highest BCUT2D eigenvalue weighted by atomic mass is 35.5. The summed E-state index contributed by atoms with van der Waals surface area (Å²) >= 11 is 6.06. The van der Waals surface area contributed by atoms with Gasteiger partial charge in [0.15, 0.2) is 0 Å². The molecule has 0 aliphatic heterocycles. The first-order chi connectivity index (χ1) is 15.3. The molecule has 2 N–H and O–H groups in total. The van der Waals surface area contributed by atoms with Crippen LogP contribution in [-0.2, 0) is 22.7 Å². The summed E-state index contributed by atoms with van der Waals surface area (Å²) in [6.07, 6.45) is 0. The molecule has 3 rings (SSSR count). The van der Waals surface area contributed by atoms with E-state index in [4.69, 9.17) is 11.6 Å². The molecule has 168 valence electrons. The summed E-state index contributed by atoms with van der Waals surface area (Å²) in [5.41, 5.74) is 4.65. The Labute approximate surface area is 193 Å². The fourth-order valence-electron chi connectivity index (χ4n) is 3.44. The lowest BCUT2D eigenvalue weighted by Gasteiger charge is -2.16. The molecule has 0 unspecified atom stereocenters. The third-order valence-corrected chi connectivity index (χ3v) is 5.47. The van der Waals surface area contributed by atoms with Crippen LogP contribution in [0.3, 0.4) is 0 Å². The molecule has 0 saturated carbocycles. The zero-order chi connectivity index (χ0) is 23.1. The van der Waals surface area contributed by atoms with Crippen molar-refractivity contribution >= 4 is 29.1 Å². The van der Waals surface area contributed by atoms with E-state index in [2.05, 4.69) is 27.9 Å². The molecule has 1 heterocycles. The summed E-state index contributed by atoms with van der Waals surface area (Å²) in [5.74, 6) is -0.394. The second-order valence-electron chi connectivity index (χ2n) is 7.77. The lowest BCUT2D eigenvalue weighted by molar-refractivity contribution is -0.123. The maximum atomic E-state index is 12.4. The van der Waals surface area contributed by atoms with Crippen LogP contribution >= 0.6 is 11.6 Å². The van der Waals surface area contributed by atoms with Gasteiger partial charge in [-0.3, -0.25) is 19.2 Å². The predicted octanol–water partition coefficient (Wildman–Crippen LogP) is 3.39. The molecule has 0 spiro atoms. The Morgan fingerprint density at radius 2 is 1.66 bits per heavy atom. The summed E-state index contributed by atoms with van der Waals surface area (Å²) < 4.78 is 1.96. The zero-order valence-corrected chi connectivity index (χ0v) is 19.3. The number of likely N-dealkylation sites (N-methyl/N-ethyl adjacent to an activating group) is 1. The number of hydrogen-bond donors (Lipinski definition) is 2. The monoisotopic (exact) mass is 453 g/mol. The summed E-state index contributed by atoms with van der Waals surface area (Å²) in [4.78, 5) is 26.3. The van der Waals surface area contributed by atoms with Crippen LogP contribution in [0.2, 0.25) is 5.02 Å². The van der Waals surface area contributed by atoms with E-state index in [1.807, 2.05) is 36.7 Å². The number of aryl methyl sites for hydroxylation is 1. The first kappa shape index (κ1) is 23.5. The SMILES string of the molecule is Cc1nn(Cc2ccccc2)c(C)c1CNC(=O)CN(C)CC(=O)Nc1ccccc1Cl. The number of benzene rings is 2. The molecule has 7 nitrogen and oxygen atoms in total. The Hall–Kier alpha value is -3.16. The van der Waals surface area contributed by atoms with Gasteiger partial charge in [0.05, 0.1) is 36.0 Å². The maximum Gasteiger partial charge on any atom is 0.238 e. The van der Waals surface area contributed by atoms with Crippen molar-refractivity contribution in [3.05, 3.63) is 82.1 Å². The molecule has 0 bridgehead atoms. The second kappa shape index (κ2) is 10.9. The Kier molecular flexibility index (Phi) is 8.03. The minimum atomic E-state index is -0.234. The van der Waals surface area contributed by atoms with Gasteiger partial charge in [0.1, 0.15) is 0 Å². The Balaban J connectivity index is 1.49. The topological polar surface area (TPSA) is 79.3 Å². The Morgan fingerprint density at radius 3 is 2.38 bits per heavy atom. The summed E-state index contributed by atoms with van der Waals surface area (Å²) in [7, 11) is 1.72. The van der Waals surface area contributed by atoms with Crippen molar-refractivity contribution in [2.75, 3.05) is 25.5 Å². The van der Waals surface area contributed by atoms with Gasteiger partial charge < -0.3 is 10.6 Å². The first-order valence-electron chi connectivity index (χ1n) is 10.4. The van der Waals surface area contributed by atoms with Crippen molar-refractivity contribution in [3.63, 3.8) is 0 Å². The van der Waals surface area contributed by atoms with Crippen LogP contribution in [0.1, 0.15) is 22.5 Å². The van der Waals surface area contributed by atoms with Crippen molar-refractivity contribution in [3.8, 4) is 0 Å². The van der Waals surface area contributed by atoms with E-state index in [0.717, 1.165) is 17.0 Å². The van der Waals surface area contributed by atoms with Crippen LogP contribution in [0.25, 0.3) is 0 Å². The van der Waals surface area contributed by atoms with Gasteiger partial charge in [-0.05, 0) is 38.6 Å². The van der Waals surface area contributed by atoms with Gasteiger partial charge in [0.25, 0.3) is 0 Å². The van der Waals surface area contributed by atoms with Gasteiger partial charge in [0.2, 0.25) is 11.8 Å². The summed E-state index contributed by atoms with van der Waals surface area (Å²) in [6.45, 7) is 5.21. The van der Waals surface area contributed by atoms with E-state index in [1.54, 1.807) is 36.2 Å². The number of nitrogens with zero attached hydrogens (tertiary/aromatic N) is 3. The normalized spacial score (nSPS) is 10.9. The molecule has 0 saturated heterocycles. The first-order valence-corrected chi connectivity index (χ1v) is 10.8. The Bertz CT molecular complexity index is 1080. The number of carbonyl (C=O) groups excluding carboxylic acids is 2. The van der Waals surface area contributed by atoms with Crippen LogP contribution in [0.5, 0.6) is 0 Å². The van der Waals surface area contributed by atoms with E-state index in [9.17, 15) is 9.59 Å². The molecular formula is C24H28ClN5O2. The van der Waals surface area contributed by atoms with E-state index < -0.39 is 0 Å². The molecule has 8 heteroatoms. The minimum Gasteiger partial charge on any atom is -0.351 e. The van der Waals surface area contributed by atoms with Crippen molar-refractivity contribution in [2.45, 2.75) is 26.9 Å². The number of amides is 2. The number of hydrogen-bond acceptors (Lipinski definition) is 4. The van der Waals surface area contributed by atoms with E-state index in [-0.39, 0.29) is 24.9 Å². The summed E-state index contributed by atoms with van der Waals surface area (Å²) in [5, 5.41) is 10.8. The number of aromatic nitrogens is 2. The molecule has 0 radical (unpaired) electrons. The number of anilines is 1. The molecule has 3 aromatic rings. The van der Waals surface area contributed by atoms with Gasteiger partial charge in [-0.25, -0.2) is 0 Å².